The Labute approximate surface area is 177 Å². The predicted octanol–water partition coefficient (Wildman–Crippen LogP) is 4.20. The number of hydrogen-bond donors (Lipinski definition) is 0. The molecule has 0 spiro atoms. The van der Waals surface area contributed by atoms with E-state index in [4.69, 9.17) is 4.74 Å². The molecule has 3 heterocycles. The number of hydrogen-bond acceptors (Lipinski definition) is 5. The fourth-order valence-electron chi connectivity index (χ4n) is 4.22. The van der Waals surface area contributed by atoms with E-state index in [2.05, 4.69) is 4.98 Å². The van der Waals surface area contributed by atoms with Crippen LogP contribution < -0.4 is 9.64 Å². The van der Waals surface area contributed by atoms with Gasteiger partial charge in [0.1, 0.15) is 5.75 Å². The smallest absolute Gasteiger partial charge is 0.263 e. The molecule has 1 fully saturated rings. The third-order valence-corrected chi connectivity index (χ3v) is 7.70. The van der Waals surface area contributed by atoms with Gasteiger partial charge in [0.15, 0.2) is 11.6 Å². The first-order valence-corrected chi connectivity index (χ1v) is 12.0. The van der Waals surface area contributed by atoms with Gasteiger partial charge in [0, 0.05) is 25.3 Å². The first-order chi connectivity index (χ1) is 14.5. The number of carbonyl (C=O) groups excluding carboxylic acids is 1. The summed E-state index contributed by atoms with van der Waals surface area (Å²) >= 11 is 0. The molecule has 2 aliphatic heterocycles. The number of rotatable bonds is 5. The summed E-state index contributed by atoms with van der Waals surface area (Å²) in [7, 11) is -3.70. The molecule has 0 N–H and O–H groups in total. The maximum Gasteiger partial charge on any atom is 0.263 e. The van der Waals surface area contributed by atoms with Gasteiger partial charge in [-0.25, -0.2) is 13.4 Å². The summed E-state index contributed by atoms with van der Waals surface area (Å²) in [5.41, 5.74) is 0.243. The van der Waals surface area contributed by atoms with E-state index in [0.717, 1.165) is 32.1 Å². The zero-order chi connectivity index (χ0) is 21.3. The van der Waals surface area contributed by atoms with Crippen LogP contribution in [0, 0.1) is 0 Å². The van der Waals surface area contributed by atoms with Crippen LogP contribution in [0.4, 0.5) is 5.82 Å². The van der Waals surface area contributed by atoms with Crippen molar-refractivity contribution in [3.8, 4) is 11.5 Å². The molecule has 1 amide bonds. The highest BCUT2D eigenvalue weighted by Gasteiger charge is 2.35. The van der Waals surface area contributed by atoms with Crippen LogP contribution in [0.15, 0.2) is 41.4 Å². The predicted molar refractivity (Wildman–Crippen MR) is 115 cm³/mol. The van der Waals surface area contributed by atoms with Gasteiger partial charge in [-0.15, -0.1) is 0 Å². The van der Waals surface area contributed by atoms with Gasteiger partial charge in [-0.1, -0.05) is 20.3 Å². The lowest BCUT2D eigenvalue weighted by Gasteiger charge is -2.34. The van der Waals surface area contributed by atoms with E-state index >= 15 is 0 Å². The Morgan fingerprint density at radius 2 is 2.00 bits per heavy atom. The van der Waals surface area contributed by atoms with E-state index < -0.39 is 10.0 Å². The number of carbonyl (C=O) groups is 1. The zero-order valence-corrected chi connectivity index (χ0v) is 18.2. The summed E-state index contributed by atoms with van der Waals surface area (Å²) in [6, 6.07) is 8.09. The maximum absolute atomic E-state index is 13.4. The van der Waals surface area contributed by atoms with Crippen molar-refractivity contribution < 1.29 is 17.9 Å². The van der Waals surface area contributed by atoms with Crippen LogP contribution in [0.5, 0.6) is 11.5 Å². The molecule has 4 rings (SSSR count). The molecule has 0 bridgehead atoms. The number of benzene rings is 1. The number of nitrogens with zero attached hydrogens (tertiary/aromatic N) is 3. The molecule has 0 saturated carbocycles. The van der Waals surface area contributed by atoms with Crippen molar-refractivity contribution in [1.29, 1.82) is 0 Å². The molecule has 7 nitrogen and oxygen atoms in total. The van der Waals surface area contributed by atoms with Crippen molar-refractivity contribution in [3.05, 3.63) is 42.1 Å². The molecular formula is C22H27N3O4S. The van der Waals surface area contributed by atoms with E-state index in [0.29, 0.717) is 30.4 Å². The average Bonchev–Trinajstić information content (AvgIpc) is 2.88. The zero-order valence-electron chi connectivity index (χ0n) is 17.4. The first kappa shape index (κ1) is 20.8. The highest BCUT2D eigenvalue weighted by Crippen LogP contribution is 2.39. The summed E-state index contributed by atoms with van der Waals surface area (Å²) < 4.78 is 34.4. The summed E-state index contributed by atoms with van der Waals surface area (Å²) in [4.78, 5) is 19.4. The summed E-state index contributed by atoms with van der Waals surface area (Å²) in [6.07, 6.45) is 5.89. The third kappa shape index (κ3) is 3.58. The van der Waals surface area contributed by atoms with Crippen LogP contribution >= 0.6 is 0 Å². The molecule has 2 aromatic rings. The number of pyridine rings is 1. The maximum atomic E-state index is 13.4. The number of sulfonamides is 1. The minimum absolute atomic E-state index is 0.000411. The number of anilines is 1. The largest absolute Gasteiger partial charge is 0.453 e. The van der Waals surface area contributed by atoms with Crippen molar-refractivity contribution in [1.82, 2.24) is 9.29 Å². The monoisotopic (exact) mass is 429 g/mol. The molecule has 1 aromatic carbocycles. The fourth-order valence-corrected chi connectivity index (χ4v) is 6.01. The second kappa shape index (κ2) is 8.35. The summed E-state index contributed by atoms with van der Waals surface area (Å²) in [6.45, 7) is 4.97. The molecular weight excluding hydrogens is 402 g/mol. The quantitative estimate of drug-likeness (QED) is 0.712. The molecule has 160 valence electrons. The van der Waals surface area contributed by atoms with Gasteiger partial charge in [0.25, 0.3) is 5.91 Å². The molecule has 0 unspecified atom stereocenters. The Kier molecular flexibility index (Phi) is 5.79. The van der Waals surface area contributed by atoms with E-state index in [-0.39, 0.29) is 22.4 Å². The minimum Gasteiger partial charge on any atom is -0.453 e. The minimum atomic E-state index is -3.70. The van der Waals surface area contributed by atoms with Crippen molar-refractivity contribution >= 4 is 21.7 Å². The van der Waals surface area contributed by atoms with E-state index in [1.54, 1.807) is 33.6 Å². The lowest BCUT2D eigenvalue weighted by atomic mass is 10.0. The third-order valence-electron chi connectivity index (χ3n) is 5.75. The summed E-state index contributed by atoms with van der Waals surface area (Å²) in [5.74, 6) is 0.979. The van der Waals surface area contributed by atoms with E-state index in [9.17, 15) is 13.2 Å². The van der Waals surface area contributed by atoms with Gasteiger partial charge in [-0.05, 0) is 56.0 Å². The number of piperidine rings is 1. The van der Waals surface area contributed by atoms with Gasteiger partial charge in [0.05, 0.1) is 10.5 Å². The van der Waals surface area contributed by atoms with Crippen molar-refractivity contribution in [2.75, 3.05) is 18.0 Å². The van der Waals surface area contributed by atoms with Crippen LogP contribution in [0.3, 0.4) is 0 Å². The van der Waals surface area contributed by atoms with Crippen LogP contribution in [-0.4, -0.2) is 42.7 Å². The van der Waals surface area contributed by atoms with Gasteiger partial charge in [-0.3, -0.25) is 9.69 Å². The van der Waals surface area contributed by atoms with Crippen molar-refractivity contribution in [3.63, 3.8) is 0 Å². The Morgan fingerprint density at radius 1 is 1.17 bits per heavy atom. The SMILES string of the molecule is CCCN1C(=O)c2cc(S(=O)(=O)N3CCCC[C@H]3CC)ccc2Oc2cccnc21. The number of amides is 1. The number of ether oxygens (including phenoxy) is 1. The van der Waals surface area contributed by atoms with Gasteiger partial charge < -0.3 is 4.74 Å². The van der Waals surface area contributed by atoms with E-state index in [1.165, 1.54) is 12.1 Å². The Bertz CT molecular complexity index is 1050. The van der Waals surface area contributed by atoms with Gasteiger partial charge >= 0.3 is 0 Å². The van der Waals surface area contributed by atoms with Crippen molar-refractivity contribution in [2.24, 2.45) is 0 Å². The Morgan fingerprint density at radius 3 is 2.77 bits per heavy atom. The van der Waals surface area contributed by atoms with Gasteiger partial charge in [0.2, 0.25) is 10.0 Å². The molecule has 1 atom stereocenters. The lowest BCUT2D eigenvalue weighted by Crippen LogP contribution is -2.43. The van der Waals surface area contributed by atoms with Crippen LogP contribution in [0.2, 0.25) is 0 Å². The standard InChI is InChI=1S/C22H27N3O4S/c1-3-13-24-21-20(9-7-12-23-21)29-19-11-10-17(15-18(19)22(24)26)30(27,28)25-14-6-5-8-16(25)4-2/h7,9-12,15-16H,3-6,8,13-14H2,1-2H3/t16-/m1/s1. The Hall–Kier alpha value is -2.45. The average molecular weight is 430 g/mol. The summed E-state index contributed by atoms with van der Waals surface area (Å²) in [5, 5.41) is 0. The van der Waals surface area contributed by atoms with Crippen LogP contribution in [-0.2, 0) is 10.0 Å². The molecule has 8 heteroatoms. The second-order valence-electron chi connectivity index (χ2n) is 7.72. The Balaban J connectivity index is 1.77. The molecule has 30 heavy (non-hydrogen) atoms. The molecule has 1 aromatic heterocycles. The number of aromatic nitrogens is 1. The molecule has 2 aliphatic rings. The van der Waals surface area contributed by atoms with Gasteiger partial charge in [-0.2, -0.15) is 4.31 Å². The highest BCUT2D eigenvalue weighted by molar-refractivity contribution is 7.89. The normalized spacial score (nSPS) is 19.6. The topological polar surface area (TPSA) is 79.8 Å². The first-order valence-electron chi connectivity index (χ1n) is 10.6. The van der Waals surface area contributed by atoms with E-state index in [1.807, 2.05) is 13.8 Å². The van der Waals surface area contributed by atoms with Crippen LogP contribution in [0.1, 0.15) is 56.3 Å². The second-order valence-corrected chi connectivity index (χ2v) is 9.61. The molecule has 0 aliphatic carbocycles. The van der Waals surface area contributed by atoms with Crippen molar-refractivity contribution in [2.45, 2.75) is 56.9 Å². The lowest BCUT2D eigenvalue weighted by molar-refractivity contribution is 0.0986. The number of fused-ring (bicyclic) bond motifs is 2. The molecule has 0 radical (unpaired) electrons. The fraction of sp³-hybridized carbons (Fsp3) is 0.455. The highest BCUT2D eigenvalue weighted by atomic mass is 32.2. The van der Waals surface area contributed by atoms with Crippen LogP contribution in [0.25, 0.3) is 0 Å². The molecule has 1 saturated heterocycles.